The van der Waals surface area contributed by atoms with Gasteiger partial charge < -0.3 is 14.9 Å². The van der Waals surface area contributed by atoms with E-state index in [2.05, 4.69) is 15.9 Å². The van der Waals surface area contributed by atoms with Gasteiger partial charge in [-0.1, -0.05) is 52.3 Å². The maximum absolute atomic E-state index is 12.2. The lowest BCUT2D eigenvalue weighted by Gasteiger charge is -2.10. The molecule has 0 saturated heterocycles. The molecule has 6 heteroatoms. The van der Waals surface area contributed by atoms with Gasteiger partial charge in [0.2, 0.25) is 0 Å². The number of hydrogen-bond acceptors (Lipinski definition) is 5. The van der Waals surface area contributed by atoms with Gasteiger partial charge >= 0.3 is 5.97 Å². The molecule has 0 saturated carbocycles. The first kappa shape index (κ1) is 17.0. The largest absolute Gasteiger partial charge is 0.507 e. The van der Waals surface area contributed by atoms with Crippen LogP contribution in [0.1, 0.15) is 20.7 Å². The summed E-state index contributed by atoms with van der Waals surface area (Å²) in [5.74, 6) is -1.71. The minimum absolute atomic E-state index is 0.154. The second-order valence-electron chi connectivity index (χ2n) is 5.35. The van der Waals surface area contributed by atoms with Crippen molar-refractivity contribution in [2.45, 2.75) is 0 Å². The van der Waals surface area contributed by atoms with Gasteiger partial charge in [0.05, 0.1) is 0 Å². The molecule has 0 aromatic heterocycles. The lowest BCUT2D eigenvalue weighted by atomic mass is 10.0. The van der Waals surface area contributed by atoms with E-state index in [1.807, 2.05) is 0 Å². The third kappa shape index (κ3) is 3.49. The molecule has 0 aliphatic heterocycles. The molecule has 0 aliphatic carbocycles. The maximum Gasteiger partial charge on any atom is 0.342 e. The Morgan fingerprint density at radius 3 is 2.40 bits per heavy atom. The maximum atomic E-state index is 12.2. The first-order chi connectivity index (χ1) is 12.0. The van der Waals surface area contributed by atoms with Gasteiger partial charge in [-0.25, -0.2) is 4.79 Å². The van der Waals surface area contributed by atoms with Gasteiger partial charge in [0.1, 0.15) is 17.1 Å². The molecule has 0 atom stereocenters. The van der Waals surface area contributed by atoms with Crippen LogP contribution in [-0.2, 0) is 4.74 Å². The fourth-order valence-corrected chi connectivity index (χ4v) is 2.85. The summed E-state index contributed by atoms with van der Waals surface area (Å²) in [6, 6.07) is 14.4. The van der Waals surface area contributed by atoms with E-state index in [0.717, 1.165) is 10.5 Å². The van der Waals surface area contributed by atoms with Crippen molar-refractivity contribution in [3.8, 4) is 11.5 Å². The third-order valence-electron chi connectivity index (χ3n) is 3.70. The Kier molecular flexibility index (Phi) is 4.72. The Morgan fingerprint density at radius 2 is 1.68 bits per heavy atom. The number of rotatable bonds is 4. The summed E-state index contributed by atoms with van der Waals surface area (Å²) in [5, 5.41) is 21.0. The summed E-state index contributed by atoms with van der Waals surface area (Å²) in [6.45, 7) is -0.470. The highest BCUT2D eigenvalue weighted by Gasteiger charge is 2.19. The smallest absolute Gasteiger partial charge is 0.342 e. The van der Waals surface area contributed by atoms with Gasteiger partial charge in [-0.2, -0.15) is 0 Å². The standard InChI is InChI=1S/C19H13BrO5/c20-12-5-3-4-11(8-12)17(22)10-25-19(24)15-9-16(21)13-6-1-2-7-14(13)18(15)23/h1-9,21,23H,10H2. The number of fused-ring (bicyclic) bond motifs is 1. The second kappa shape index (κ2) is 6.94. The molecule has 0 radical (unpaired) electrons. The van der Waals surface area contributed by atoms with E-state index in [4.69, 9.17) is 4.74 Å². The first-order valence-corrected chi connectivity index (χ1v) is 8.16. The molecule has 0 amide bonds. The van der Waals surface area contributed by atoms with Gasteiger partial charge in [0.25, 0.3) is 0 Å². The Bertz CT molecular complexity index is 981. The summed E-state index contributed by atoms with van der Waals surface area (Å²) < 4.78 is 5.73. The first-order valence-electron chi connectivity index (χ1n) is 7.37. The molecule has 0 fully saturated rings. The number of carbonyl (C=O) groups excluding carboxylic acids is 2. The molecule has 0 spiro atoms. The van der Waals surface area contributed by atoms with E-state index in [1.165, 1.54) is 0 Å². The molecule has 5 nitrogen and oxygen atoms in total. The van der Waals surface area contributed by atoms with Crippen LogP contribution in [0.2, 0.25) is 0 Å². The van der Waals surface area contributed by atoms with Gasteiger partial charge in [0, 0.05) is 20.8 Å². The van der Waals surface area contributed by atoms with E-state index >= 15 is 0 Å². The highest BCUT2D eigenvalue weighted by Crippen LogP contribution is 2.35. The predicted molar refractivity (Wildman–Crippen MR) is 96.0 cm³/mol. The van der Waals surface area contributed by atoms with E-state index in [1.54, 1.807) is 48.5 Å². The van der Waals surface area contributed by atoms with Crippen molar-refractivity contribution in [3.63, 3.8) is 0 Å². The lowest BCUT2D eigenvalue weighted by molar-refractivity contribution is 0.0471. The Balaban J connectivity index is 1.81. The number of carbonyl (C=O) groups is 2. The summed E-state index contributed by atoms with van der Waals surface area (Å²) >= 11 is 3.27. The van der Waals surface area contributed by atoms with Crippen molar-refractivity contribution in [1.82, 2.24) is 0 Å². The van der Waals surface area contributed by atoms with Crippen LogP contribution in [-0.4, -0.2) is 28.6 Å². The van der Waals surface area contributed by atoms with Crippen LogP contribution >= 0.6 is 15.9 Å². The monoisotopic (exact) mass is 400 g/mol. The molecule has 0 bridgehead atoms. The molecule has 0 aliphatic rings. The zero-order chi connectivity index (χ0) is 18.0. The van der Waals surface area contributed by atoms with Crippen molar-refractivity contribution in [2.24, 2.45) is 0 Å². The quantitative estimate of drug-likeness (QED) is 0.392. The summed E-state index contributed by atoms with van der Waals surface area (Å²) in [4.78, 5) is 24.3. The molecule has 0 unspecified atom stereocenters. The molecule has 2 N–H and O–H groups in total. The minimum atomic E-state index is -0.887. The molecule has 3 rings (SSSR count). The van der Waals surface area contributed by atoms with Crippen LogP contribution in [0.15, 0.2) is 59.1 Å². The molecule has 25 heavy (non-hydrogen) atoms. The van der Waals surface area contributed by atoms with Crippen LogP contribution in [0.5, 0.6) is 11.5 Å². The van der Waals surface area contributed by atoms with Crippen molar-refractivity contribution in [2.75, 3.05) is 6.61 Å². The van der Waals surface area contributed by atoms with Gasteiger partial charge in [-0.3, -0.25) is 4.79 Å². The number of aromatic hydroxyl groups is 2. The number of halogens is 1. The molecule has 0 heterocycles. The molecule has 126 valence electrons. The van der Waals surface area contributed by atoms with Gasteiger partial charge in [-0.05, 0) is 18.2 Å². The van der Waals surface area contributed by atoms with Crippen LogP contribution in [0.3, 0.4) is 0 Å². The van der Waals surface area contributed by atoms with Crippen molar-refractivity contribution in [1.29, 1.82) is 0 Å². The van der Waals surface area contributed by atoms with Crippen LogP contribution in [0, 0.1) is 0 Å². The van der Waals surface area contributed by atoms with E-state index in [0.29, 0.717) is 16.3 Å². The fourth-order valence-electron chi connectivity index (χ4n) is 2.45. The molecule has 3 aromatic rings. The zero-order valence-electron chi connectivity index (χ0n) is 12.9. The number of phenolic OH excluding ortho intramolecular Hbond substituents is 2. The third-order valence-corrected chi connectivity index (χ3v) is 4.19. The summed E-state index contributed by atoms with van der Waals surface area (Å²) in [5.41, 5.74) is 0.200. The SMILES string of the molecule is O=C(COC(=O)c1cc(O)c2ccccc2c1O)c1cccc(Br)c1. The highest BCUT2D eigenvalue weighted by molar-refractivity contribution is 9.10. The number of ketones is 1. The number of esters is 1. The molecule has 3 aromatic carbocycles. The van der Waals surface area contributed by atoms with Crippen molar-refractivity contribution >= 4 is 38.5 Å². The Labute approximate surface area is 151 Å². The van der Waals surface area contributed by atoms with Crippen LogP contribution < -0.4 is 0 Å². The highest BCUT2D eigenvalue weighted by atomic mass is 79.9. The minimum Gasteiger partial charge on any atom is -0.507 e. The number of phenols is 2. The van der Waals surface area contributed by atoms with Gasteiger partial charge in [-0.15, -0.1) is 0 Å². The van der Waals surface area contributed by atoms with Crippen LogP contribution in [0.4, 0.5) is 0 Å². The van der Waals surface area contributed by atoms with Crippen molar-refractivity contribution < 1.29 is 24.5 Å². The number of ether oxygens (including phenoxy) is 1. The number of Topliss-reactive ketones (excluding diaryl/α,β-unsaturated/α-hetero) is 1. The topological polar surface area (TPSA) is 83.8 Å². The fraction of sp³-hybridized carbons (Fsp3) is 0.0526. The van der Waals surface area contributed by atoms with Crippen molar-refractivity contribution in [3.05, 3.63) is 70.2 Å². The van der Waals surface area contributed by atoms with E-state index in [-0.39, 0.29) is 22.8 Å². The average Bonchev–Trinajstić information content (AvgIpc) is 2.62. The number of benzene rings is 3. The number of hydrogen-bond donors (Lipinski definition) is 2. The van der Waals surface area contributed by atoms with Gasteiger partial charge in [0.15, 0.2) is 12.4 Å². The summed E-state index contributed by atoms with van der Waals surface area (Å²) in [7, 11) is 0. The molecular formula is C19H13BrO5. The Hall–Kier alpha value is -2.86. The summed E-state index contributed by atoms with van der Waals surface area (Å²) in [6.07, 6.45) is 0. The van der Waals surface area contributed by atoms with E-state index < -0.39 is 12.6 Å². The average molecular weight is 401 g/mol. The lowest BCUT2D eigenvalue weighted by Crippen LogP contribution is -2.14. The molecular weight excluding hydrogens is 388 g/mol. The second-order valence-corrected chi connectivity index (χ2v) is 6.26. The van der Waals surface area contributed by atoms with E-state index in [9.17, 15) is 19.8 Å². The normalized spacial score (nSPS) is 10.6. The van der Waals surface area contributed by atoms with Crippen LogP contribution in [0.25, 0.3) is 10.8 Å². The zero-order valence-corrected chi connectivity index (χ0v) is 14.5. The Morgan fingerprint density at radius 1 is 0.960 bits per heavy atom. The predicted octanol–water partition coefficient (Wildman–Crippen LogP) is 4.05.